The zero-order chi connectivity index (χ0) is 16.7. The molecular formula is C16H14Cl2N2O3. The van der Waals surface area contributed by atoms with Crippen molar-refractivity contribution < 1.29 is 14.4 Å². The number of imide groups is 1. The molecule has 1 aromatic rings. The number of nitrogens with one attached hydrogen (secondary N) is 1. The highest BCUT2D eigenvalue weighted by atomic mass is 35.5. The van der Waals surface area contributed by atoms with E-state index in [1.807, 2.05) is 19.1 Å². The summed E-state index contributed by atoms with van der Waals surface area (Å²) in [6, 6.07) is 4.39. The molecule has 1 fully saturated rings. The molecule has 0 spiro atoms. The van der Waals surface area contributed by atoms with Crippen molar-refractivity contribution in [2.45, 2.75) is 13.3 Å². The van der Waals surface area contributed by atoms with Crippen LogP contribution < -0.4 is 5.43 Å². The Hall–Kier alpha value is -1.85. The topological polar surface area (TPSA) is 66.5 Å². The fourth-order valence-corrected chi connectivity index (χ4v) is 3.59. The third-order valence-electron chi connectivity index (χ3n) is 4.26. The van der Waals surface area contributed by atoms with Gasteiger partial charge in [-0.2, -0.15) is 5.01 Å². The number of hydrogen-bond donors (Lipinski definition) is 1. The fourth-order valence-electron chi connectivity index (χ4n) is 3.09. The maximum absolute atomic E-state index is 12.5. The number of halogens is 2. The van der Waals surface area contributed by atoms with Gasteiger partial charge in [0.1, 0.15) is 0 Å². The van der Waals surface area contributed by atoms with Crippen molar-refractivity contribution >= 4 is 40.9 Å². The van der Waals surface area contributed by atoms with Gasteiger partial charge in [0.2, 0.25) is 0 Å². The normalized spacial score (nSPS) is 26.4. The highest BCUT2D eigenvalue weighted by molar-refractivity contribution is 6.36. The van der Waals surface area contributed by atoms with E-state index in [0.717, 1.165) is 5.01 Å². The molecule has 0 radical (unpaired) electrons. The predicted octanol–water partition coefficient (Wildman–Crippen LogP) is 2.84. The van der Waals surface area contributed by atoms with E-state index in [4.69, 9.17) is 23.2 Å². The Morgan fingerprint density at radius 3 is 2.65 bits per heavy atom. The first-order valence-corrected chi connectivity index (χ1v) is 7.96. The molecule has 120 valence electrons. The Balaban J connectivity index is 1.82. The zero-order valence-corrected chi connectivity index (χ0v) is 13.8. The SMILES string of the molecule is C[C@@H]1C=CC[C@@H]2C(=O)N(NC(=O)c3ccc(Cl)cc3Cl)C(=O)[C@H]12. The van der Waals surface area contributed by atoms with Gasteiger partial charge in [-0.1, -0.05) is 42.3 Å². The third kappa shape index (κ3) is 2.75. The van der Waals surface area contributed by atoms with Gasteiger partial charge in [0, 0.05) is 5.02 Å². The number of carbonyl (C=O) groups excluding carboxylic acids is 3. The number of amides is 3. The first-order valence-electron chi connectivity index (χ1n) is 7.20. The van der Waals surface area contributed by atoms with E-state index in [1.165, 1.54) is 18.2 Å². The number of nitrogens with zero attached hydrogens (tertiary/aromatic N) is 1. The van der Waals surface area contributed by atoms with E-state index in [0.29, 0.717) is 11.4 Å². The maximum atomic E-state index is 12.5. The van der Waals surface area contributed by atoms with Crippen LogP contribution in [0.3, 0.4) is 0 Å². The van der Waals surface area contributed by atoms with Crippen LogP contribution in [0.4, 0.5) is 0 Å². The van der Waals surface area contributed by atoms with Crippen molar-refractivity contribution in [1.82, 2.24) is 10.4 Å². The van der Waals surface area contributed by atoms with E-state index in [1.54, 1.807) is 0 Å². The van der Waals surface area contributed by atoms with Crippen molar-refractivity contribution in [3.8, 4) is 0 Å². The second-order valence-corrected chi connectivity index (χ2v) is 6.58. The number of allylic oxidation sites excluding steroid dienone is 2. The fraction of sp³-hybridized carbons (Fsp3) is 0.312. The average Bonchev–Trinajstić information content (AvgIpc) is 2.73. The Labute approximate surface area is 143 Å². The lowest BCUT2D eigenvalue weighted by Gasteiger charge is -2.22. The van der Waals surface area contributed by atoms with Gasteiger partial charge in [0.25, 0.3) is 17.7 Å². The maximum Gasteiger partial charge on any atom is 0.271 e. The molecule has 1 aliphatic carbocycles. The summed E-state index contributed by atoms with van der Waals surface area (Å²) >= 11 is 11.8. The number of fused-ring (bicyclic) bond motifs is 1. The molecular weight excluding hydrogens is 339 g/mol. The van der Waals surface area contributed by atoms with Crippen LogP contribution in [-0.4, -0.2) is 22.7 Å². The molecule has 3 atom stereocenters. The zero-order valence-electron chi connectivity index (χ0n) is 12.3. The highest BCUT2D eigenvalue weighted by Gasteiger charge is 2.50. The van der Waals surface area contributed by atoms with Gasteiger partial charge < -0.3 is 0 Å². The van der Waals surface area contributed by atoms with Crippen LogP contribution >= 0.6 is 23.2 Å². The second kappa shape index (κ2) is 5.98. The molecule has 0 aromatic heterocycles. The van der Waals surface area contributed by atoms with Gasteiger partial charge in [-0.05, 0) is 30.5 Å². The van der Waals surface area contributed by atoms with E-state index in [2.05, 4.69) is 5.43 Å². The number of hydrogen-bond acceptors (Lipinski definition) is 3. The monoisotopic (exact) mass is 352 g/mol. The van der Waals surface area contributed by atoms with Crippen molar-refractivity contribution in [2.75, 3.05) is 0 Å². The van der Waals surface area contributed by atoms with Crippen LogP contribution in [0.5, 0.6) is 0 Å². The van der Waals surface area contributed by atoms with E-state index in [-0.39, 0.29) is 28.3 Å². The predicted molar refractivity (Wildman–Crippen MR) is 85.7 cm³/mol. The molecule has 2 aliphatic rings. The van der Waals surface area contributed by atoms with Gasteiger partial charge >= 0.3 is 0 Å². The van der Waals surface area contributed by atoms with E-state index in [9.17, 15) is 14.4 Å². The van der Waals surface area contributed by atoms with Crippen molar-refractivity contribution in [1.29, 1.82) is 0 Å². The molecule has 1 aromatic carbocycles. The van der Waals surface area contributed by atoms with Crippen LogP contribution in [0.15, 0.2) is 30.4 Å². The van der Waals surface area contributed by atoms with Crippen molar-refractivity contribution in [3.63, 3.8) is 0 Å². The van der Waals surface area contributed by atoms with Crippen LogP contribution in [0.1, 0.15) is 23.7 Å². The van der Waals surface area contributed by atoms with Gasteiger partial charge in [0.05, 0.1) is 22.4 Å². The van der Waals surface area contributed by atoms with Crippen LogP contribution in [0, 0.1) is 17.8 Å². The first kappa shape index (κ1) is 16.0. The molecule has 0 bridgehead atoms. The molecule has 7 heteroatoms. The Morgan fingerprint density at radius 2 is 2.00 bits per heavy atom. The van der Waals surface area contributed by atoms with Crippen molar-refractivity contribution in [3.05, 3.63) is 46.0 Å². The first-order chi connectivity index (χ1) is 10.9. The summed E-state index contributed by atoms with van der Waals surface area (Å²) in [5, 5.41) is 1.37. The summed E-state index contributed by atoms with van der Waals surface area (Å²) in [5.74, 6) is -2.25. The molecule has 1 N–H and O–H groups in total. The van der Waals surface area contributed by atoms with Gasteiger partial charge in [-0.25, -0.2) is 0 Å². The van der Waals surface area contributed by atoms with Gasteiger partial charge in [-0.15, -0.1) is 0 Å². The Morgan fingerprint density at radius 1 is 1.26 bits per heavy atom. The van der Waals surface area contributed by atoms with Crippen LogP contribution in [0.2, 0.25) is 10.0 Å². The lowest BCUT2D eigenvalue weighted by Crippen LogP contribution is -2.46. The van der Waals surface area contributed by atoms with Gasteiger partial charge in [-0.3, -0.25) is 19.8 Å². The van der Waals surface area contributed by atoms with Gasteiger partial charge in [0.15, 0.2) is 0 Å². The molecule has 1 aliphatic heterocycles. The average molecular weight is 353 g/mol. The molecule has 23 heavy (non-hydrogen) atoms. The summed E-state index contributed by atoms with van der Waals surface area (Å²) in [6.45, 7) is 1.89. The number of benzene rings is 1. The number of hydrazine groups is 1. The highest BCUT2D eigenvalue weighted by Crippen LogP contribution is 2.37. The van der Waals surface area contributed by atoms with E-state index < -0.39 is 17.7 Å². The van der Waals surface area contributed by atoms with Crippen LogP contribution in [0.25, 0.3) is 0 Å². The lowest BCUT2D eigenvalue weighted by molar-refractivity contribution is -0.142. The second-order valence-electron chi connectivity index (χ2n) is 5.73. The van der Waals surface area contributed by atoms with Crippen LogP contribution in [-0.2, 0) is 9.59 Å². The summed E-state index contributed by atoms with van der Waals surface area (Å²) < 4.78 is 0. The summed E-state index contributed by atoms with van der Waals surface area (Å²) in [4.78, 5) is 37.2. The quantitative estimate of drug-likeness (QED) is 0.657. The number of carbonyl (C=O) groups is 3. The summed E-state index contributed by atoms with van der Waals surface area (Å²) in [6.07, 6.45) is 4.33. The molecule has 0 unspecified atom stereocenters. The number of rotatable bonds is 2. The summed E-state index contributed by atoms with van der Waals surface area (Å²) in [7, 11) is 0. The molecule has 1 heterocycles. The molecule has 1 saturated heterocycles. The summed E-state index contributed by atoms with van der Waals surface area (Å²) in [5.41, 5.74) is 2.52. The minimum atomic E-state index is -0.618. The molecule has 3 amide bonds. The largest absolute Gasteiger partial charge is 0.272 e. The third-order valence-corrected chi connectivity index (χ3v) is 4.81. The van der Waals surface area contributed by atoms with E-state index >= 15 is 0 Å². The minimum absolute atomic E-state index is 0.0359. The Bertz CT molecular complexity index is 732. The van der Waals surface area contributed by atoms with Crippen molar-refractivity contribution in [2.24, 2.45) is 17.8 Å². The lowest BCUT2D eigenvalue weighted by atomic mass is 9.78. The standard InChI is InChI=1S/C16H14Cl2N2O3/c1-8-3-2-4-11-13(8)16(23)20(15(11)22)19-14(21)10-6-5-9(17)7-12(10)18/h2-3,5-8,11,13H,4H2,1H3,(H,19,21)/t8-,11+,13-/m1/s1. The minimum Gasteiger partial charge on any atom is -0.272 e. The smallest absolute Gasteiger partial charge is 0.271 e. The molecule has 5 nitrogen and oxygen atoms in total. The molecule has 0 saturated carbocycles. The Kier molecular flexibility index (Phi) is 4.17. The molecule has 3 rings (SSSR count).